The first-order valence-corrected chi connectivity index (χ1v) is 12.6. The Morgan fingerprint density at radius 3 is 2.66 bits per heavy atom. The molecule has 32 heavy (non-hydrogen) atoms. The molecule has 168 valence electrons. The number of rotatable bonds is 8. The van der Waals surface area contributed by atoms with E-state index in [1.807, 2.05) is 19.1 Å². The fourth-order valence-corrected chi connectivity index (χ4v) is 6.24. The van der Waals surface area contributed by atoms with E-state index in [9.17, 15) is 8.42 Å². The lowest BCUT2D eigenvalue weighted by Gasteiger charge is -2.24. The minimum absolute atomic E-state index is 0.201. The zero-order valence-corrected chi connectivity index (χ0v) is 20.2. The van der Waals surface area contributed by atoms with Crippen LogP contribution in [0.5, 0.6) is 0 Å². The number of hydrogen-bond acceptors (Lipinski definition) is 7. The number of benzene rings is 1. The van der Waals surface area contributed by atoms with Gasteiger partial charge in [0, 0.05) is 35.0 Å². The number of halogens is 1. The third kappa shape index (κ3) is 4.66. The highest BCUT2D eigenvalue weighted by Crippen LogP contribution is 2.35. The molecule has 0 aliphatic rings. The van der Waals surface area contributed by atoms with E-state index in [2.05, 4.69) is 10.1 Å². The summed E-state index contributed by atoms with van der Waals surface area (Å²) in [5, 5.41) is 4.63. The molecule has 0 N–H and O–H groups in total. The third-order valence-electron chi connectivity index (χ3n) is 5.28. The lowest BCUT2D eigenvalue weighted by atomic mass is 10.1. The fraction of sp³-hybridized carbons (Fsp3) is 0.273. The maximum atomic E-state index is 13.3. The van der Waals surface area contributed by atoms with E-state index in [1.165, 1.54) is 15.6 Å². The molecule has 3 heterocycles. The van der Waals surface area contributed by atoms with Gasteiger partial charge in [0.05, 0.1) is 16.0 Å². The van der Waals surface area contributed by atoms with Crippen molar-refractivity contribution in [2.45, 2.75) is 37.6 Å². The molecular formula is C22H22ClN3O4S2. The van der Waals surface area contributed by atoms with Crippen LogP contribution in [0.2, 0.25) is 5.02 Å². The highest BCUT2D eigenvalue weighted by molar-refractivity contribution is 7.89. The van der Waals surface area contributed by atoms with Crippen molar-refractivity contribution in [2.75, 3.05) is 7.05 Å². The van der Waals surface area contributed by atoms with Crippen LogP contribution >= 0.6 is 22.9 Å². The second-order valence-corrected chi connectivity index (χ2v) is 11.1. The molecule has 1 atom stereocenters. The van der Waals surface area contributed by atoms with E-state index in [-0.39, 0.29) is 16.8 Å². The Labute approximate surface area is 195 Å². The summed E-state index contributed by atoms with van der Waals surface area (Å²) < 4.78 is 38.7. The Hall–Kier alpha value is -2.46. The monoisotopic (exact) mass is 491 g/mol. The standard InChI is InChI=1S/C22H22ClN3O4S2/c1-14(6-11-18-5-4-12-29-18)26(3)32(27,28)20-13-19(31-15(20)2)22-24-21(25-30-22)16-7-9-17(23)10-8-16/h4-5,7-10,12-14H,6,11H2,1-3H3. The second-order valence-electron chi connectivity index (χ2n) is 7.45. The fourth-order valence-electron chi connectivity index (χ4n) is 3.25. The van der Waals surface area contributed by atoms with Crippen molar-refractivity contribution < 1.29 is 17.4 Å². The molecule has 0 saturated heterocycles. The lowest BCUT2D eigenvalue weighted by molar-refractivity contribution is 0.361. The highest BCUT2D eigenvalue weighted by atomic mass is 35.5. The van der Waals surface area contributed by atoms with Gasteiger partial charge in [-0.1, -0.05) is 16.8 Å². The Bertz CT molecular complexity index is 1300. The molecule has 0 amide bonds. The van der Waals surface area contributed by atoms with Crippen LogP contribution < -0.4 is 0 Å². The summed E-state index contributed by atoms with van der Waals surface area (Å²) in [5.41, 5.74) is 0.760. The zero-order chi connectivity index (χ0) is 22.9. The van der Waals surface area contributed by atoms with Gasteiger partial charge in [-0.05, 0) is 62.7 Å². The molecule has 0 spiro atoms. The molecule has 3 aromatic heterocycles. The molecule has 1 aromatic carbocycles. The van der Waals surface area contributed by atoms with E-state index >= 15 is 0 Å². The van der Waals surface area contributed by atoms with Crippen LogP contribution in [0, 0.1) is 6.92 Å². The molecule has 0 bridgehead atoms. The molecule has 4 rings (SSSR count). The number of aryl methyl sites for hydroxylation is 2. The van der Waals surface area contributed by atoms with Crippen LogP contribution in [0.1, 0.15) is 24.0 Å². The van der Waals surface area contributed by atoms with Crippen LogP contribution in [-0.4, -0.2) is 36.0 Å². The molecular weight excluding hydrogens is 470 g/mol. The van der Waals surface area contributed by atoms with Gasteiger partial charge in [-0.3, -0.25) is 0 Å². The van der Waals surface area contributed by atoms with Gasteiger partial charge in [0.2, 0.25) is 15.8 Å². The quantitative estimate of drug-likeness (QED) is 0.316. The van der Waals surface area contributed by atoms with E-state index in [0.717, 1.165) is 11.3 Å². The predicted octanol–water partition coefficient (Wildman–Crippen LogP) is 5.66. The molecule has 0 saturated carbocycles. The van der Waals surface area contributed by atoms with Gasteiger partial charge in [-0.2, -0.15) is 9.29 Å². The Morgan fingerprint density at radius 1 is 1.22 bits per heavy atom. The van der Waals surface area contributed by atoms with Crippen LogP contribution in [0.4, 0.5) is 0 Å². The minimum atomic E-state index is -3.69. The SMILES string of the molecule is Cc1sc(-c2nc(-c3ccc(Cl)cc3)no2)cc1S(=O)(=O)N(C)C(C)CCc1ccco1. The van der Waals surface area contributed by atoms with E-state index in [1.54, 1.807) is 50.6 Å². The van der Waals surface area contributed by atoms with E-state index in [4.69, 9.17) is 20.5 Å². The first-order chi connectivity index (χ1) is 15.3. The molecule has 4 aromatic rings. The van der Waals surface area contributed by atoms with E-state index in [0.29, 0.717) is 33.4 Å². The van der Waals surface area contributed by atoms with Crippen molar-refractivity contribution in [3.8, 4) is 22.2 Å². The third-order valence-corrected chi connectivity index (χ3v) is 8.80. The summed E-state index contributed by atoms with van der Waals surface area (Å²) in [6.07, 6.45) is 2.93. The molecule has 10 heteroatoms. The molecule has 0 aliphatic heterocycles. The molecule has 0 radical (unpaired) electrons. The average molecular weight is 492 g/mol. The largest absolute Gasteiger partial charge is 0.469 e. The number of nitrogens with zero attached hydrogens (tertiary/aromatic N) is 3. The van der Waals surface area contributed by atoms with Gasteiger partial charge in [0.15, 0.2) is 0 Å². The maximum absolute atomic E-state index is 13.3. The summed E-state index contributed by atoms with van der Waals surface area (Å²) >= 11 is 7.24. The van der Waals surface area contributed by atoms with Crippen molar-refractivity contribution >= 4 is 33.0 Å². The summed E-state index contributed by atoms with van der Waals surface area (Å²) in [7, 11) is -2.09. The average Bonchev–Trinajstić information content (AvgIpc) is 3.52. The summed E-state index contributed by atoms with van der Waals surface area (Å²) in [5.74, 6) is 1.53. The van der Waals surface area contributed by atoms with Gasteiger partial charge in [0.1, 0.15) is 5.76 Å². The van der Waals surface area contributed by atoms with Crippen LogP contribution in [-0.2, 0) is 16.4 Å². The summed E-state index contributed by atoms with van der Waals surface area (Å²) in [6.45, 7) is 3.67. The van der Waals surface area contributed by atoms with Crippen LogP contribution in [0.25, 0.3) is 22.2 Å². The van der Waals surface area contributed by atoms with Gasteiger partial charge in [-0.25, -0.2) is 8.42 Å². The Balaban J connectivity index is 1.54. The van der Waals surface area contributed by atoms with Gasteiger partial charge >= 0.3 is 0 Å². The first kappa shape index (κ1) is 22.7. The van der Waals surface area contributed by atoms with Crippen LogP contribution in [0.15, 0.2) is 62.6 Å². The number of thiophene rings is 1. The first-order valence-electron chi connectivity index (χ1n) is 9.96. The summed E-state index contributed by atoms with van der Waals surface area (Å²) in [4.78, 5) is 5.94. The van der Waals surface area contributed by atoms with E-state index < -0.39 is 10.0 Å². The number of aromatic nitrogens is 2. The van der Waals surface area contributed by atoms with Gasteiger partial charge in [-0.15, -0.1) is 11.3 Å². The van der Waals surface area contributed by atoms with Crippen molar-refractivity contribution in [1.82, 2.24) is 14.4 Å². The van der Waals surface area contributed by atoms with Gasteiger partial charge in [0.25, 0.3) is 5.89 Å². The zero-order valence-electron chi connectivity index (χ0n) is 17.8. The minimum Gasteiger partial charge on any atom is -0.469 e. The number of hydrogen-bond donors (Lipinski definition) is 0. The summed E-state index contributed by atoms with van der Waals surface area (Å²) in [6, 6.07) is 12.2. The lowest BCUT2D eigenvalue weighted by Crippen LogP contribution is -2.35. The van der Waals surface area contributed by atoms with Crippen molar-refractivity contribution in [1.29, 1.82) is 0 Å². The van der Waals surface area contributed by atoms with Crippen molar-refractivity contribution in [3.05, 3.63) is 64.4 Å². The maximum Gasteiger partial charge on any atom is 0.268 e. The molecule has 1 unspecified atom stereocenters. The normalized spacial score (nSPS) is 13.0. The van der Waals surface area contributed by atoms with Gasteiger partial charge < -0.3 is 8.94 Å². The molecule has 0 aliphatic carbocycles. The Morgan fingerprint density at radius 2 is 1.97 bits per heavy atom. The predicted molar refractivity (Wildman–Crippen MR) is 124 cm³/mol. The topological polar surface area (TPSA) is 89.4 Å². The van der Waals surface area contributed by atoms with Crippen LogP contribution in [0.3, 0.4) is 0 Å². The van der Waals surface area contributed by atoms with Crippen molar-refractivity contribution in [2.24, 2.45) is 0 Å². The Kier molecular flexibility index (Phi) is 6.52. The molecule has 0 fully saturated rings. The number of furan rings is 1. The highest BCUT2D eigenvalue weighted by Gasteiger charge is 2.29. The number of sulfonamides is 1. The van der Waals surface area contributed by atoms with Crippen molar-refractivity contribution in [3.63, 3.8) is 0 Å². The smallest absolute Gasteiger partial charge is 0.268 e. The molecule has 7 nitrogen and oxygen atoms in total. The second kappa shape index (κ2) is 9.19.